The van der Waals surface area contributed by atoms with Crippen LogP contribution in [0.4, 0.5) is 0 Å². The second-order valence-electron chi connectivity index (χ2n) is 4.80. The molecule has 5 nitrogen and oxygen atoms in total. The first-order valence-electron chi connectivity index (χ1n) is 6.76. The Bertz CT molecular complexity index is 894. The smallest absolute Gasteiger partial charge is 0.275 e. The quantitative estimate of drug-likeness (QED) is 0.540. The van der Waals surface area contributed by atoms with Crippen molar-refractivity contribution >= 4 is 21.8 Å². The fourth-order valence-corrected chi connectivity index (χ4v) is 2.66. The molecule has 2 aromatic heterocycles. The largest absolute Gasteiger partial charge is 0.275 e. The number of rotatable bonds is 3. The minimum absolute atomic E-state index is 0.546. The molecule has 2 aromatic carbocycles. The van der Waals surface area contributed by atoms with Gasteiger partial charge in [-0.05, 0) is 17.3 Å². The summed E-state index contributed by atoms with van der Waals surface area (Å²) < 4.78 is 2.04. The zero-order chi connectivity index (χ0) is 14.2. The molecule has 0 N–H and O–H groups in total. The number of tetrazole rings is 1. The molecule has 0 atom stereocenters. The third-order valence-corrected chi connectivity index (χ3v) is 3.51. The Kier molecular flexibility index (Phi) is 2.57. The molecule has 2 heterocycles. The molecule has 0 saturated heterocycles. The maximum atomic E-state index is 4.43. The highest BCUT2D eigenvalue weighted by atomic mass is 15.6. The van der Waals surface area contributed by atoms with Gasteiger partial charge in [-0.2, -0.15) is 4.80 Å². The molecule has 4 aromatic rings. The van der Waals surface area contributed by atoms with Gasteiger partial charge in [0.25, 0.3) is 5.95 Å². The molecule has 0 amide bonds. The lowest BCUT2D eigenvalue weighted by molar-refractivity contribution is 0.582. The lowest BCUT2D eigenvalue weighted by Crippen LogP contribution is -2.01. The molecule has 4 rings (SSSR count). The first kappa shape index (κ1) is 11.8. The van der Waals surface area contributed by atoms with E-state index in [0.717, 1.165) is 11.0 Å². The number of aromatic nitrogens is 5. The van der Waals surface area contributed by atoms with Crippen molar-refractivity contribution in [2.24, 2.45) is 0 Å². The van der Waals surface area contributed by atoms with Crippen LogP contribution in [-0.4, -0.2) is 24.8 Å². The fourth-order valence-electron chi connectivity index (χ4n) is 2.66. The summed E-state index contributed by atoms with van der Waals surface area (Å²) in [6.45, 7) is 4.24. The van der Waals surface area contributed by atoms with Gasteiger partial charge in [-0.15, -0.1) is 11.7 Å². The van der Waals surface area contributed by atoms with Crippen molar-refractivity contribution in [2.75, 3.05) is 0 Å². The van der Waals surface area contributed by atoms with Crippen LogP contribution in [0.1, 0.15) is 0 Å². The molecular formula is C16H13N5. The Morgan fingerprint density at radius 1 is 0.952 bits per heavy atom. The van der Waals surface area contributed by atoms with Crippen LogP contribution < -0.4 is 0 Å². The van der Waals surface area contributed by atoms with Gasteiger partial charge < -0.3 is 0 Å². The van der Waals surface area contributed by atoms with E-state index in [-0.39, 0.29) is 0 Å². The van der Waals surface area contributed by atoms with E-state index in [2.05, 4.69) is 46.3 Å². The van der Waals surface area contributed by atoms with Crippen LogP contribution in [0, 0.1) is 0 Å². The summed E-state index contributed by atoms with van der Waals surface area (Å²) >= 11 is 0. The second kappa shape index (κ2) is 4.56. The highest BCUT2D eigenvalue weighted by Gasteiger charge is 2.14. The lowest BCUT2D eigenvalue weighted by atomic mass is 10.2. The van der Waals surface area contributed by atoms with Gasteiger partial charge in [0.15, 0.2) is 0 Å². The Hall–Kier alpha value is -2.95. The molecule has 21 heavy (non-hydrogen) atoms. The zero-order valence-corrected chi connectivity index (χ0v) is 11.3. The average molecular weight is 275 g/mol. The zero-order valence-electron chi connectivity index (χ0n) is 11.3. The van der Waals surface area contributed by atoms with Crippen LogP contribution >= 0.6 is 0 Å². The molecule has 0 aliphatic heterocycles. The standard InChI is InChI=1S/C16H13N5/c1-2-11-20-18-16(17-19-20)21-14-9-5-3-7-12(14)13-8-4-6-10-15(13)21/h2-10H,1,11H2. The lowest BCUT2D eigenvalue weighted by Gasteiger charge is -2.00. The number of allylic oxidation sites excluding steroid dienone is 1. The van der Waals surface area contributed by atoms with Crippen molar-refractivity contribution in [3.8, 4) is 5.95 Å². The Labute approximate surface area is 121 Å². The molecule has 0 spiro atoms. The van der Waals surface area contributed by atoms with Gasteiger partial charge in [-0.25, -0.2) is 0 Å². The summed E-state index contributed by atoms with van der Waals surface area (Å²) in [6, 6.07) is 16.5. The first-order valence-corrected chi connectivity index (χ1v) is 6.76. The van der Waals surface area contributed by atoms with Crippen molar-refractivity contribution in [3.63, 3.8) is 0 Å². The van der Waals surface area contributed by atoms with Crippen LogP contribution in [0.15, 0.2) is 61.2 Å². The minimum atomic E-state index is 0.546. The third kappa shape index (κ3) is 1.74. The summed E-state index contributed by atoms with van der Waals surface area (Å²) in [5, 5.41) is 15.0. The SMILES string of the molecule is C=CCn1nnc(-n2c3ccccc3c3ccccc32)n1. The normalized spacial score (nSPS) is 11.2. The van der Waals surface area contributed by atoms with E-state index in [0.29, 0.717) is 12.5 Å². The van der Waals surface area contributed by atoms with Gasteiger partial charge in [0.1, 0.15) is 0 Å². The van der Waals surface area contributed by atoms with Crippen LogP contribution in [0.2, 0.25) is 0 Å². The van der Waals surface area contributed by atoms with E-state index in [1.165, 1.54) is 15.6 Å². The van der Waals surface area contributed by atoms with Gasteiger partial charge in [0, 0.05) is 10.8 Å². The van der Waals surface area contributed by atoms with Crippen molar-refractivity contribution in [1.82, 2.24) is 24.8 Å². The Morgan fingerprint density at radius 3 is 2.19 bits per heavy atom. The van der Waals surface area contributed by atoms with Crippen molar-refractivity contribution in [1.29, 1.82) is 0 Å². The molecule has 0 saturated carbocycles. The summed E-state index contributed by atoms with van der Waals surface area (Å²) in [5.41, 5.74) is 2.16. The van der Waals surface area contributed by atoms with E-state index >= 15 is 0 Å². The van der Waals surface area contributed by atoms with E-state index in [4.69, 9.17) is 0 Å². The molecular weight excluding hydrogens is 262 g/mol. The van der Waals surface area contributed by atoms with Crippen LogP contribution in [0.25, 0.3) is 27.8 Å². The monoisotopic (exact) mass is 275 g/mol. The number of para-hydroxylation sites is 2. The topological polar surface area (TPSA) is 48.5 Å². The van der Waals surface area contributed by atoms with Gasteiger partial charge in [-0.1, -0.05) is 47.6 Å². The average Bonchev–Trinajstić information content (AvgIpc) is 3.10. The molecule has 0 bridgehead atoms. The molecule has 102 valence electrons. The molecule has 5 heteroatoms. The molecule has 0 aliphatic carbocycles. The van der Waals surface area contributed by atoms with Gasteiger partial charge in [-0.3, -0.25) is 4.57 Å². The van der Waals surface area contributed by atoms with Crippen LogP contribution in [0.3, 0.4) is 0 Å². The van der Waals surface area contributed by atoms with E-state index in [9.17, 15) is 0 Å². The fraction of sp³-hybridized carbons (Fsp3) is 0.0625. The summed E-state index contributed by atoms with van der Waals surface area (Å²) in [4.78, 5) is 1.53. The second-order valence-corrected chi connectivity index (χ2v) is 4.80. The Balaban J connectivity index is 2.07. The van der Waals surface area contributed by atoms with Crippen LogP contribution in [-0.2, 0) is 6.54 Å². The highest BCUT2D eigenvalue weighted by molar-refractivity contribution is 6.08. The van der Waals surface area contributed by atoms with E-state index in [1.807, 2.05) is 28.8 Å². The predicted octanol–water partition coefficient (Wildman–Crippen LogP) is 2.96. The van der Waals surface area contributed by atoms with E-state index < -0.39 is 0 Å². The maximum Gasteiger partial charge on any atom is 0.275 e. The van der Waals surface area contributed by atoms with Crippen molar-refractivity contribution in [2.45, 2.75) is 6.54 Å². The molecule has 0 unspecified atom stereocenters. The summed E-state index contributed by atoms with van der Waals surface area (Å²) in [6.07, 6.45) is 1.75. The minimum Gasteiger partial charge on any atom is -0.275 e. The van der Waals surface area contributed by atoms with Crippen molar-refractivity contribution in [3.05, 3.63) is 61.2 Å². The number of hydrogen-bond acceptors (Lipinski definition) is 3. The summed E-state index contributed by atoms with van der Waals surface area (Å²) in [7, 11) is 0. The number of hydrogen-bond donors (Lipinski definition) is 0. The Morgan fingerprint density at radius 2 is 1.57 bits per heavy atom. The van der Waals surface area contributed by atoms with E-state index in [1.54, 1.807) is 6.08 Å². The number of fused-ring (bicyclic) bond motifs is 3. The van der Waals surface area contributed by atoms with Gasteiger partial charge in [0.2, 0.25) is 0 Å². The first-order chi connectivity index (χ1) is 10.4. The van der Waals surface area contributed by atoms with Crippen molar-refractivity contribution < 1.29 is 0 Å². The maximum absolute atomic E-state index is 4.43. The number of nitrogens with zero attached hydrogens (tertiary/aromatic N) is 5. The number of benzene rings is 2. The molecule has 0 aliphatic rings. The van der Waals surface area contributed by atoms with Crippen LogP contribution in [0.5, 0.6) is 0 Å². The summed E-state index contributed by atoms with van der Waals surface area (Å²) in [5.74, 6) is 0.578. The van der Waals surface area contributed by atoms with Gasteiger partial charge >= 0.3 is 0 Å². The predicted molar refractivity (Wildman–Crippen MR) is 82.4 cm³/mol. The van der Waals surface area contributed by atoms with Gasteiger partial charge in [0.05, 0.1) is 17.6 Å². The molecule has 0 fully saturated rings. The molecule has 0 radical (unpaired) electrons. The highest BCUT2D eigenvalue weighted by Crippen LogP contribution is 2.30. The third-order valence-electron chi connectivity index (χ3n) is 3.51.